The highest BCUT2D eigenvalue weighted by Crippen LogP contribution is 2.30. The summed E-state index contributed by atoms with van der Waals surface area (Å²) in [5, 5.41) is 13.5. The second-order valence-corrected chi connectivity index (χ2v) is 10.6. The Kier molecular flexibility index (Phi) is 7.33. The zero-order valence-electron chi connectivity index (χ0n) is 23.0. The third-order valence-corrected chi connectivity index (χ3v) is 7.39. The number of halogens is 1. The molecule has 1 aliphatic rings. The van der Waals surface area contributed by atoms with Gasteiger partial charge < -0.3 is 20.2 Å². The van der Waals surface area contributed by atoms with E-state index in [4.69, 9.17) is 16.6 Å². The summed E-state index contributed by atoms with van der Waals surface area (Å²) in [5.41, 5.74) is 3.16. The minimum atomic E-state index is -1.19. The fourth-order valence-electron chi connectivity index (χ4n) is 5.18. The first-order valence-corrected chi connectivity index (χ1v) is 13.4. The Morgan fingerprint density at radius 3 is 2.62 bits per heavy atom. The number of anilines is 3. The Bertz CT molecular complexity index is 1670. The van der Waals surface area contributed by atoms with Gasteiger partial charge in [0.15, 0.2) is 5.69 Å². The molecule has 0 spiro atoms. The molecule has 1 saturated heterocycles. The zero-order valence-corrected chi connectivity index (χ0v) is 23.8. The highest BCUT2D eigenvalue weighted by atomic mass is 35.5. The van der Waals surface area contributed by atoms with Gasteiger partial charge in [-0.15, -0.1) is 0 Å². The number of nitrogens with one attached hydrogen (secondary N) is 1. The molecule has 0 unspecified atom stereocenters. The topological polar surface area (TPSA) is 129 Å². The Morgan fingerprint density at radius 2 is 1.93 bits per heavy atom. The standard InChI is InChI=1S/C28H31ClN8O3/c1-15-12-19(18(4)32-21-6-7-22(29)33-24(21)26(39)40)23-20(13-15)25(38)35(5)28(34-23)37-11-10-36(14-17(37)3)27-30-9-8-16(2)31-27/h6-9,12-13,17-18,32H,10-11,14H2,1-5H3,(H,39,40)/t17-,18-/m1/s1. The molecule has 0 radical (unpaired) electrons. The Labute approximate surface area is 236 Å². The molecule has 0 bridgehead atoms. The van der Waals surface area contributed by atoms with Gasteiger partial charge in [-0.25, -0.2) is 24.7 Å². The molecule has 2 atom stereocenters. The number of aromatic carboxylic acids is 1. The molecule has 0 saturated carbocycles. The van der Waals surface area contributed by atoms with Crippen molar-refractivity contribution in [2.45, 2.75) is 39.8 Å². The lowest BCUT2D eigenvalue weighted by molar-refractivity contribution is 0.0691. The number of carboxylic acid groups (broad SMARTS) is 1. The van der Waals surface area contributed by atoms with Crippen LogP contribution < -0.4 is 20.7 Å². The van der Waals surface area contributed by atoms with Crippen molar-refractivity contribution in [3.8, 4) is 0 Å². The Morgan fingerprint density at radius 1 is 1.15 bits per heavy atom. The summed E-state index contributed by atoms with van der Waals surface area (Å²) in [6, 6.07) is 8.46. The number of carbonyl (C=O) groups is 1. The lowest BCUT2D eigenvalue weighted by Gasteiger charge is -2.41. The summed E-state index contributed by atoms with van der Waals surface area (Å²) in [5.74, 6) is 0.0817. The number of pyridine rings is 1. The average Bonchev–Trinajstić information content (AvgIpc) is 2.91. The van der Waals surface area contributed by atoms with Crippen molar-refractivity contribution in [2.24, 2.45) is 7.05 Å². The summed E-state index contributed by atoms with van der Waals surface area (Å²) >= 11 is 5.94. The first-order chi connectivity index (χ1) is 19.0. The van der Waals surface area contributed by atoms with Crippen LogP contribution >= 0.6 is 11.6 Å². The van der Waals surface area contributed by atoms with Crippen molar-refractivity contribution in [1.29, 1.82) is 0 Å². The van der Waals surface area contributed by atoms with Gasteiger partial charge in [0.05, 0.1) is 22.6 Å². The minimum Gasteiger partial charge on any atom is -0.476 e. The summed E-state index contributed by atoms with van der Waals surface area (Å²) in [6.45, 7) is 9.86. The highest BCUT2D eigenvalue weighted by Gasteiger charge is 2.29. The summed E-state index contributed by atoms with van der Waals surface area (Å²) < 4.78 is 1.60. The summed E-state index contributed by atoms with van der Waals surface area (Å²) in [7, 11) is 1.75. The van der Waals surface area contributed by atoms with Crippen molar-refractivity contribution in [3.05, 3.63) is 74.6 Å². The van der Waals surface area contributed by atoms with E-state index < -0.39 is 5.97 Å². The fraction of sp³-hybridized carbons (Fsp3) is 0.357. The quantitative estimate of drug-likeness (QED) is 0.333. The number of piperazine rings is 1. The summed E-state index contributed by atoms with van der Waals surface area (Å²) in [6.07, 6.45) is 1.77. The van der Waals surface area contributed by atoms with Gasteiger partial charge in [0.25, 0.3) is 5.56 Å². The van der Waals surface area contributed by atoms with Crippen molar-refractivity contribution >= 4 is 46.1 Å². The van der Waals surface area contributed by atoms with Crippen LogP contribution in [0.25, 0.3) is 10.9 Å². The normalized spacial score (nSPS) is 16.3. The third kappa shape index (κ3) is 5.16. The molecule has 40 heavy (non-hydrogen) atoms. The zero-order chi connectivity index (χ0) is 28.7. The second kappa shape index (κ2) is 10.7. The smallest absolute Gasteiger partial charge is 0.356 e. The maximum absolute atomic E-state index is 13.6. The number of rotatable bonds is 6. The van der Waals surface area contributed by atoms with Crippen molar-refractivity contribution in [2.75, 3.05) is 34.8 Å². The van der Waals surface area contributed by atoms with E-state index in [2.05, 4.69) is 37.0 Å². The van der Waals surface area contributed by atoms with Gasteiger partial charge in [0.1, 0.15) is 5.15 Å². The Hall–Kier alpha value is -4.25. The van der Waals surface area contributed by atoms with E-state index in [1.54, 1.807) is 23.9 Å². The van der Waals surface area contributed by atoms with Crippen LogP contribution in [0, 0.1) is 13.8 Å². The van der Waals surface area contributed by atoms with Crippen molar-refractivity contribution < 1.29 is 9.90 Å². The number of benzene rings is 1. The van der Waals surface area contributed by atoms with E-state index in [1.807, 2.05) is 39.0 Å². The molecule has 0 aliphatic carbocycles. The minimum absolute atomic E-state index is 0.0381. The van der Waals surface area contributed by atoms with Gasteiger partial charge in [-0.1, -0.05) is 17.7 Å². The Balaban J connectivity index is 1.52. The molecule has 5 rings (SSSR count). The molecular weight excluding hydrogens is 532 g/mol. The van der Waals surface area contributed by atoms with E-state index in [1.165, 1.54) is 6.07 Å². The van der Waals surface area contributed by atoms with Crippen LogP contribution in [-0.4, -0.2) is 61.3 Å². The molecule has 11 nitrogen and oxygen atoms in total. The molecule has 1 aromatic carbocycles. The van der Waals surface area contributed by atoms with Crippen LogP contribution in [0.5, 0.6) is 0 Å². The maximum atomic E-state index is 13.6. The van der Waals surface area contributed by atoms with Crippen LogP contribution in [0.2, 0.25) is 5.15 Å². The van der Waals surface area contributed by atoms with Crippen LogP contribution in [0.1, 0.15) is 47.2 Å². The fourth-order valence-corrected chi connectivity index (χ4v) is 5.33. The number of hydrogen-bond donors (Lipinski definition) is 2. The molecule has 2 N–H and O–H groups in total. The third-order valence-electron chi connectivity index (χ3n) is 7.18. The number of hydrogen-bond acceptors (Lipinski definition) is 9. The average molecular weight is 563 g/mol. The largest absolute Gasteiger partial charge is 0.476 e. The van der Waals surface area contributed by atoms with Crippen molar-refractivity contribution in [1.82, 2.24) is 24.5 Å². The maximum Gasteiger partial charge on any atom is 0.356 e. The molecule has 12 heteroatoms. The number of nitrogens with zero attached hydrogens (tertiary/aromatic N) is 7. The van der Waals surface area contributed by atoms with Gasteiger partial charge in [-0.05, 0) is 57.5 Å². The molecule has 4 aromatic rings. The number of aryl methyl sites for hydroxylation is 2. The molecule has 0 amide bonds. The lowest BCUT2D eigenvalue weighted by Crippen LogP contribution is -2.54. The van der Waals surface area contributed by atoms with E-state index >= 15 is 0 Å². The van der Waals surface area contributed by atoms with E-state index in [0.29, 0.717) is 48.1 Å². The van der Waals surface area contributed by atoms with Crippen LogP contribution in [-0.2, 0) is 7.05 Å². The SMILES string of the molecule is Cc1cc([C@@H](C)Nc2ccc(Cl)nc2C(=O)O)c2nc(N3CCN(c4nccc(C)n4)C[C@H]3C)n(C)c(=O)c2c1. The molecule has 1 aliphatic heterocycles. The predicted octanol–water partition coefficient (Wildman–Crippen LogP) is 3.98. The summed E-state index contributed by atoms with van der Waals surface area (Å²) in [4.78, 5) is 47.7. The number of fused-ring (bicyclic) bond motifs is 1. The predicted molar refractivity (Wildman–Crippen MR) is 156 cm³/mol. The van der Waals surface area contributed by atoms with E-state index in [-0.39, 0.29) is 28.5 Å². The van der Waals surface area contributed by atoms with Gasteiger partial charge in [0.2, 0.25) is 11.9 Å². The first-order valence-electron chi connectivity index (χ1n) is 13.0. The van der Waals surface area contributed by atoms with E-state index in [9.17, 15) is 14.7 Å². The molecule has 4 heterocycles. The van der Waals surface area contributed by atoms with Crippen molar-refractivity contribution in [3.63, 3.8) is 0 Å². The first kappa shape index (κ1) is 27.3. The van der Waals surface area contributed by atoms with Gasteiger partial charge >= 0.3 is 5.97 Å². The van der Waals surface area contributed by atoms with Gasteiger partial charge in [0, 0.05) is 50.2 Å². The molecule has 208 valence electrons. The lowest BCUT2D eigenvalue weighted by atomic mass is 10.0. The van der Waals surface area contributed by atoms with Crippen LogP contribution in [0.4, 0.5) is 17.6 Å². The van der Waals surface area contributed by atoms with Crippen LogP contribution in [0.3, 0.4) is 0 Å². The monoisotopic (exact) mass is 562 g/mol. The molecule has 1 fully saturated rings. The molecule has 3 aromatic heterocycles. The molecular formula is C28H31ClN8O3. The van der Waals surface area contributed by atoms with Crippen LogP contribution in [0.15, 0.2) is 41.3 Å². The van der Waals surface area contributed by atoms with Gasteiger partial charge in [-0.2, -0.15) is 0 Å². The highest BCUT2D eigenvalue weighted by molar-refractivity contribution is 6.29. The van der Waals surface area contributed by atoms with Gasteiger partial charge in [-0.3, -0.25) is 9.36 Å². The number of carboxylic acids is 1. The number of aromatic nitrogens is 5. The van der Waals surface area contributed by atoms with E-state index in [0.717, 1.165) is 16.8 Å². The second-order valence-electron chi connectivity index (χ2n) is 10.2.